The Balaban J connectivity index is 1.83. The number of nitrogens with zero attached hydrogens (tertiary/aromatic N) is 2. The first-order valence-corrected chi connectivity index (χ1v) is 6.63. The second-order valence-electron chi connectivity index (χ2n) is 4.38. The van der Waals surface area contributed by atoms with Crippen LogP contribution in [0.15, 0.2) is 23.3 Å². The van der Waals surface area contributed by atoms with Crippen LogP contribution in [0.1, 0.15) is 5.56 Å². The maximum atomic E-state index is 11.7. The lowest BCUT2D eigenvalue weighted by atomic mass is 10.2. The molecule has 1 aliphatic heterocycles. The van der Waals surface area contributed by atoms with Crippen molar-refractivity contribution in [3.8, 4) is 5.75 Å². The molecule has 1 aromatic carbocycles. The Labute approximate surface area is 122 Å². The zero-order chi connectivity index (χ0) is 14.4. The van der Waals surface area contributed by atoms with Gasteiger partial charge in [0.2, 0.25) is 0 Å². The zero-order valence-corrected chi connectivity index (χ0v) is 11.6. The third-order valence-electron chi connectivity index (χ3n) is 2.85. The number of halogens is 1. The Hall–Kier alpha value is -1.63. The van der Waals surface area contributed by atoms with E-state index in [0.717, 1.165) is 13.1 Å². The minimum absolute atomic E-state index is 0.0561. The van der Waals surface area contributed by atoms with Crippen molar-refractivity contribution in [2.45, 2.75) is 0 Å². The summed E-state index contributed by atoms with van der Waals surface area (Å²) in [6, 6.07) is 4.61. The molecule has 0 saturated carbocycles. The Morgan fingerprint density at radius 2 is 2.25 bits per heavy atom. The Kier molecular flexibility index (Phi) is 5.34. The summed E-state index contributed by atoms with van der Waals surface area (Å²) in [5, 5.41) is 13.9. The van der Waals surface area contributed by atoms with Gasteiger partial charge in [-0.1, -0.05) is 11.6 Å². The summed E-state index contributed by atoms with van der Waals surface area (Å²) in [6.45, 7) is 3.06. The molecular weight excluding hydrogens is 282 g/mol. The van der Waals surface area contributed by atoms with Crippen molar-refractivity contribution >= 4 is 23.7 Å². The van der Waals surface area contributed by atoms with E-state index in [1.807, 2.05) is 4.90 Å². The van der Waals surface area contributed by atoms with Crippen molar-refractivity contribution in [3.63, 3.8) is 0 Å². The highest BCUT2D eigenvalue weighted by atomic mass is 35.5. The van der Waals surface area contributed by atoms with E-state index in [1.54, 1.807) is 12.1 Å². The molecule has 0 atom stereocenters. The van der Waals surface area contributed by atoms with Crippen LogP contribution in [0.25, 0.3) is 0 Å². The lowest BCUT2D eigenvalue weighted by Crippen LogP contribution is -2.42. The molecule has 0 aliphatic carbocycles. The van der Waals surface area contributed by atoms with Gasteiger partial charge in [-0.15, -0.1) is 0 Å². The van der Waals surface area contributed by atoms with Gasteiger partial charge in [0.1, 0.15) is 5.75 Å². The number of phenolic OH excluding ortho intramolecular Hbond substituents is 1. The molecule has 108 valence electrons. The second kappa shape index (κ2) is 7.23. The van der Waals surface area contributed by atoms with Crippen LogP contribution in [0.3, 0.4) is 0 Å². The summed E-state index contributed by atoms with van der Waals surface area (Å²) in [7, 11) is 0. The fraction of sp³-hybridized carbons (Fsp3) is 0.385. The molecule has 20 heavy (non-hydrogen) atoms. The normalized spacial score (nSPS) is 16.4. The van der Waals surface area contributed by atoms with E-state index in [9.17, 15) is 9.90 Å². The molecule has 1 aliphatic rings. The Morgan fingerprint density at radius 3 is 3.00 bits per heavy atom. The highest BCUT2D eigenvalue weighted by molar-refractivity contribution is 6.30. The molecule has 0 bridgehead atoms. The number of hydrazone groups is 1. The van der Waals surface area contributed by atoms with Gasteiger partial charge in [-0.05, 0) is 18.2 Å². The number of nitrogens with one attached hydrogen (secondary N) is 1. The molecule has 7 heteroatoms. The third-order valence-corrected chi connectivity index (χ3v) is 3.09. The minimum atomic E-state index is -0.204. The number of benzene rings is 1. The van der Waals surface area contributed by atoms with Gasteiger partial charge in [0.25, 0.3) is 5.91 Å². The summed E-state index contributed by atoms with van der Waals surface area (Å²) in [5.41, 5.74) is 2.87. The molecule has 1 fully saturated rings. The molecule has 2 N–H and O–H groups in total. The van der Waals surface area contributed by atoms with E-state index in [0.29, 0.717) is 23.8 Å². The van der Waals surface area contributed by atoms with Crippen LogP contribution in [0.5, 0.6) is 5.75 Å². The summed E-state index contributed by atoms with van der Waals surface area (Å²) < 4.78 is 5.20. The first-order chi connectivity index (χ1) is 9.65. The predicted molar refractivity (Wildman–Crippen MR) is 76.1 cm³/mol. The molecule has 1 saturated heterocycles. The van der Waals surface area contributed by atoms with Gasteiger partial charge in [0.15, 0.2) is 0 Å². The predicted octanol–water partition coefficient (Wildman–Crippen LogP) is 0.828. The van der Waals surface area contributed by atoms with E-state index in [4.69, 9.17) is 16.3 Å². The van der Waals surface area contributed by atoms with Crippen molar-refractivity contribution in [1.82, 2.24) is 10.3 Å². The molecule has 2 rings (SSSR count). The molecule has 0 radical (unpaired) electrons. The monoisotopic (exact) mass is 297 g/mol. The van der Waals surface area contributed by atoms with Crippen LogP contribution in [-0.2, 0) is 9.53 Å². The molecular formula is C13H16ClN3O3. The van der Waals surface area contributed by atoms with Gasteiger partial charge >= 0.3 is 0 Å². The molecule has 0 unspecified atom stereocenters. The number of rotatable bonds is 4. The summed E-state index contributed by atoms with van der Waals surface area (Å²) >= 11 is 5.81. The molecule has 0 aromatic heterocycles. The minimum Gasteiger partial charge on any atom is -0.507 e. The van der Waals surface area contributed by atoms with Crippen LogP contribution >= 0.6 is 11.6 Å². The lowest BCUT2D eigenvalue weighted by molar-refractivity contribution is -0.123. The summed E-state index contributed by atoms with van der Waals surface area (Å²) in [4.78, 5) is 13.6. The maximum Gasteiger partial charge on any atom is 0.254 e. The van der Waals surface area contributed by atoms with Gasteiger partial charge in [-0.2, -0.15) is 5.10 Å². The van der Waals surface area contributed by atoms with Crippen LogP contribution in [0.4, 0.5) is 0 Å². The fourth-order valence-electron chi connectivity index (χ4n) is 1.80. The van der Waals surface area contributed by atoms with E-state index >= 15 is 0 Å². The van der Waals surface area contributed by atoms with E-state index in [-0.39, 0.29) is 18.2 Å². The number of hydrogen-bond acceptors (Lipinski definition) is 5. The Bertz CT molecular complexity index is 502. The molecule has 1 amide bonds. The standard InChI is InChI=1S/C13H16ClN3O3/c14-11-1-2-12(18)10(7-11)8-15-16-13(19)9-17-3-5-20-6-4-17/h1-2,7-8,18H,3-6,9H2,(H,16,19)/b15-8-. The summed E-state index contributed by atoms with van der Waals surface area (Å²) in [5.74, 6) is -0.148. The van der Waals surface area contributed by atoms with Crippen LogP contribution in [0, 0.1) is 0 Å². The highest BCUT2D eigenvalue weighted by Gasteiger charge is 2.13. The topological polar surface area (TPSA) is 74.2 Å². The van der Waals surface area contributed by atoms with Crippen molar-refractivity contribution in [1.29, 1.82) is 0 Å². The molecule has 1 heterocycles. The number of carbonyl (C=O) groups excluding carboxylic acids is 1. The third kappa shape index (κ3) is 4.48. The van der Waals surface area contributed by atoms with Crippen LogP contribution < -0.4 is 5.43 Å². The van der Waals surface area contributed by atoms with Gasteiger partial charge in [-0.25, -0.2) is 5.43 Å². The van der Waals surface area contributed by atoms with Gasteiger partial charge in [0, 0.05) is 23.7 Å². The Morgan fingerprint density at radius 1 is 1.50 bits per heavy atom. The first-order valence-electron chi connectivity index (χ1n) is 6.25. The number of amides is 1. The van der Waals surface area contributed by atoms with Crippen molar-refractivity contribution in [2.24, 2.45) is 5.10 Å². The first kappa shape index (κ1) is 14.8. The smallest absolute Gasteiger partial charge is 0.254 e. The number of morpholine rings is 1. The van der Waals surface area contributed by atoms with Crippen molar-refractivity contribution in [2.75, 3.05) is 32.8 Å². The SMILES string of the molecule is O=C(CN1CCOCC1)N/N=C\c1cc(Cl)ccc1O. The van der Waals surface area contributed by atoms with Gasteiger partial charge in [-0.3, -0.25) is 9.69 Å². The van der Waals surface area contributed by atoms with E-state index in [1.165, 1.54) is 12.3 Å². The largest absolute Gasteiger partial charge is 0.507 e. The van der Waals surface area contributed by atoms with Crippen molar-refractivity contribution < 1.29 is 14.6 Å². The number of phenols is 1. The highest BCUT2D eigenvalue weighted by Crippen LogP contribution is 2.19. The zero-order valence-electron chi connectivity index (χ0n) is 10.9. The average molecular weight is 298 g/mol. The molecule has 0 spiro atoms. The van der Waals surface area contributed by atoms with Crippen LogP contribution in [-0.4, -0.2) is 55.0 Å². The number of carbonyl (C=O) groups is 1. The quantitative estimate of drug-likeness (QED) is 0.638. The second-order valence-corrected chi connectivity index (χ2v) is 4.82. The number of ether oxygens (including phenoxy) is 1. The van der Waals surface area contributed by atoms with E-state index < -0.39 is 0 Å². The molecule has 1 aromatic rings. The van der Waals surface area contributed by atoms with Gasteiger partial charge in [0.05, 0.1) is 26.0 Å². The molecule has 6 nitrogen and oxygen atoms in total. The fourth-order valence-corrected chi connectivity index (χ4v) is 1.98. The van der Waals surface area contributed by atoms with Gasteiger partial charge < -0.3 is 9.84 Å². The number of hydrogen-bond donors (Lipinski definition) is 2. The number of aromatic hydroxyl groups is 1. The van der Waals surface area contributed by atoms with E-state index in [2.05, 4.69) is 10.5 Å². The average Bonchev–Trinajstić information content (AvgIpc) is 2.44. The van der Waals surface area contributed by atoms with Crippen LogP contribution in [0.2, 0.25) is 5.02 Å². The maximum absolute atomic E-state index is 11.7. The van der Waals surface area contributed by atoms with Crippen molar-refractivity contribution in [3.05, 3.63) is 28.8 Å². The summed E-state index contributed by atoms with van der Waals surface area (Å²) in [6.07, 6.45) is 1.36. The lowest BCUT2D eigenvalue weighted by Gasteiger charge is -2.25.